The molecule has 15 heavy (non-hydrogen) atoms. The molecule has 76 valence electrons. The molecule has 2 aromatic heterocycles. The second-order valence-corrected chi connectivity index (χ2v) is 4.08. The fraction of sp³-hybridized carbons (Fsp3) is 0.111. The van der Waals surface area contributed by atoms with Crippen LogP contribution in [0.15, 0.2) is 35.5 Å². The average Bonchev–Trinajstić information content (AvgIpc) is 2.24. The summed E-state index contributed by atoms with van der Waals surface area (Å²) in [6.07, 6.45) is 4.91. The van der Waals surface area contributed by atoms with Crippen molar-refractivity contribution in [3.63, 3.8) is 0 Å². The van der Waals surface area contributed by atoms with Gasteiger partial charge in [-0.15, -0.1) is 0 Å². The fourth-order valence-corrected chi connectivity index (χ4v) is 1.47. The lowest BCUT2D eigenvalue weighted by Gasteiger charge is -2.01. The first-order valence-corrected chi connectivity index (χ1v) is 5.32. The Hall–Kier alpha value is -1.31. The molecule has 0 saturated carbocycles. The van der Waals surface area contributed by atoms with E-state index in [1.165, 1.54) is 10.7 Å². The fourth-order valence-electron chi connectivity index (χ4n) is 1.08. The smallest absolute Gasteiger partial charge is 0.268 e. The average molecular weight is 314 g/mol. The van der Waals surface area contributed by atoms with Crippen LogP contribution in [0.1, 0.15) is 5.82 Å². The zero-order chi connectivity index (χ0) is 10.7. The van der Waals surface area contributed by atoms with Gasteiger partial charge in [0.1, 0.15) is 12.4 Å². The van der Waals surface area contributed by atoms with E-state index in [1.54, 1.807) is 24.7 Å². The van der Waals surface area contributed by atoms with Crippen LogP contribution in [0.2, 0.25) is 0 Å². The van der Waals surface area contributed by atoms with Gasteiger partial charge >= 0.3 is 0 Å². The highest BCUT2D eigenvalue weighted by Crippen LogP contribution is 1.96. The summed E-state index contributed by atoms with van der Waals surface area (Å²) in [7, 11) is 0. The van der Waals surface area contributed by atoms with E-state index in [9.17, 15) is 4.79 Å². The largest absolute Gasteiger partial charge is 0.268 e. The minimum atomic E-state index is -0.144. The Kier molecular flexibility index (Phi) is 3.05. The van der Waals surface area contributed by atoms with E-state index >= 15 is 0 Å². The summed E-state index contributed by atoms with van der Waals surface area (Å²) in [5.74, 6) is 0.577. The molecule has 0 aliphatic carbocycles. The van der Waals surface area contributed by atoms with Gasteiger partial charge in [0.25, 0.3) is 5.56 Å². The zero-order valence-electron chi connectivity index (χ0n) is 7.67. The summed E-state index contributed by atoms with van der Waals surface area (Å²) < 4.78 is 2.15. The Balaban J connectivity index is 2.29. The highest BCUT2D eigenvalue weighted by atomic mass is 127. The van der Waals surface area contributed by atoms with Gasteiger partial charge in [-0.3, -0.25) is 4.79 Å². The van der Waals surface area contributed by atoms with Crippen LogP contribution in [0.3, 0.4) is 0 Å². The Morgan fingerprint density at radius 3 is 2.73 bits per heavy atom. The third kappa shape index (κ3) is 2.58. The molecule has 2 rings (SSSR count). The van der Waals surface area contributed by atoms with E-state index in [0.717, 1.165) is 3.57 Å². The molecule has 2 aromatic rings. The Bertz CT molecular complexity index is 511. The van der Waals surface area contributed by atoms with Gasteiger partial charge in [0, 0.05) is 22.0 Å². The minimum Gasteiger partial charge on any atom is -0.268 e. The Labute approximate surface area is 99.3 Å². The molecule has 0 amide bonds. The van der Waals surface area contributed by atoms with E-state index in [2.05, 4.69) is 15.1 Å². The van der Waals surface area contributed by atoms with E-state index in [0.29, 0.717) is 12.4 Å². The molecule has 0 aliphatic rings. The molecule has 0 unspecified atom stereocenters. The normalized spacial score (nSPS) is 10.2. The van der Waals surface area contributed by atoms with Gasteiger partial charge in [-0.25, -0.2) is 14.6 Å². The molecular weight excluding hydrogens is 307 g/mol. The maximum absolute atomic E-state index is 11.5. The predicted molar refractivity (Wildman–Crippen MR) is 62.3 cm³/mol. The Morgan fingerprint density at radius 1 is 1.33 bits per heavy atom. The number of rotatable bonds is 2. The van der Waals surface area contributed by atoms with Crippen LogP contribution in [-0.4, -0.2) is 19.7 Å². The number of aromatic nitrogens is 4. The third-order valence-corrected chi connectivity index (χ3v) is 2.34. The number of hydrogen-bond donors (Lipinski definition) is 0. The lowest BCUT2D eigenvalue weighted by molar-refractivity contribution is 0.612. The SMILES string of the molecule is O=c1cc(I)cnn1Cc1ncccn1. The maximum atomic E-state index is 11.5. The van der Waals surface area contributed by atoms with Crippen LogP contribution in [0.4, 0.5) is 0 Å². The van der Waals surface area contributed by atoms with Crippen molar-refractivity contribution in [2.24, 2.45) is 0 Å². The van der Waals surface area contributed by atoms with Crippen LogP contribution < -0.4 is 5.56 Å². The quantitative estimate of drug-likeness (QED) is 0.765. The van der Waals surface area contributed by atoms with Crippen molar-refractivity contribution in [3.8, 4) is 0 Å². The summed E-state index contributed by atoms with van der Waals surface area (Å²) in [5, 5.41) is 3.99. The lowest BCUT2D eigenvalue weighted by Crippen LogP contribution is -2.23. The van der Waals surface area contributed by atoms with Gasteiger partial charge in [-0.2, -0.15) is 5.10 Å². The van der Waals surface area contributed by atoms with E-state index < -0.39 is 0 Å². The van der Waals surface area contributed by atoms with Crippen molar-refractivity contribution in [2.45, 2.75) is 6.54 Å². The van der Waals surface area contributed by atoms with Crippen LogP contribution in [0.25, 0.3) is 0 Å². The van der Waals surface area contributed by atoms with Gasteiger partial charge in [-0.1, -0.05) is 0 Å². The number of hydrogen-bond acceptors (Lipinski definition) is 4. The van der Waals surface area contributed by atoms with Gasteiger partial charge in [0.2, 0.25) is 0 Å². The first kappa shape index (κ1) is 10.2. The molecule has 0 atom stereocenters. The molecule has 5 nitrogen and oxygen atoms in total. The highest BCUT2D eigenvalue weighted by Gasteiger charge is 2.01. The predicted octanol–water partition coefficient (Wildman–Crippen LogP) is 0.686. The van der Waals surface area contributed by atoms with Crippen molar-refractivity contribution in [1.29, 1.82) is 0 Å². The first-order chi connectivity index (χ1) is 7.25. The summed E-state index contributed by atoms with van der Waals surface area (Å²) >= 11 is 2.05. The Morgan fingerprint density at radius 2 is 2.07 bits per heavy atom. The second-order valence-electron chi connectivity index (χ2n) is 2.83. The summed E-state index contributed by atoms with van der Waals surface area (Å²) in [6, 6.07) is 3.25. The topological polar surface area (TPSA) is 60.7 Å². The summed E-state index contributed by atoms with van der Waals surface area (Å²) in [4.78, 5) is 19.5. The summed E-state index contributed by atoms with van der Waals surface area (Å²) in [5.41, 5.74) is -0.144. The standard InChI is InChI=1S/C9H7IN4O/c10-7-4-9(15)14(13-5-7)6-8-11-2-1-3-12-8/h1-5H,6H2. The monoisotopic (exact) mass is 314 g/mol. The first-order valence-electron chi connectivity index (χ1n) is 4.24. The van der Waals surface area contributed by atoms with Crippen LogP contribution >= 0.6 is 22.6 Å². The van der Waals surface area contributed by atoms with Gasteiger partial charge < -0.3 is 0 Å². The highest BCUT2D eigenvalue weighted by molar-refractivity contribution is 14.1. The molecule has 6 heteroatoms. The molecule has 0 bridgehead atoms. The van der Waals surface area contributed by atoms with Crippen molar-refractivity contribution < 1.29 is 0 Å². The van der Waals surface area contributed by atoms with Gasteiger partial charge in [0.05, 0.1) is 6.20 Å². The molecule has 0 radical (unpaired) electrons. The number of nitrogens with zero attached hydrogens (tertiary/aromatic N) is 4. The minimum absolute atomic E-state index is 0.144. The van der Waals surface area contributed by atoms with Crippen LogP contribution in [0, 0.1) is 3.57 Å². The van der Waals surface area contributed by atoms with E-state index in [4.69, 9.17) is 0 Å². The van der Waals surface area contributed by atoms with E-state index in [-0.39, 0.29) is 5.56 Å². The van der Waals surface area contributed by atoms with E-state index in [1.807, 2.05) is 22.6 Å². The van der Waals surface area contributed by atoms with Gasteiger partial charge in [-0.05, 0) is 28.7 Å². The molecule has 0 aliphatic heterocycles. The van der Waals surface area contributed by atoms with Crippen LogP contribution in [0.5, 0.6) is 0 Å². The zero-order valence-corrected chi connectivity index (χ0v) is 9.83. The lowest BCUT2D eigenvalue weighted by atomic mass is 10.5. The van der Waals surface area contributed by atoms with Crippen LogP contribution in [-0.2, 0) is 6.54 Å². The van der Waals surface area contributed by atoms with Crippen molar-refractivity contribution >= 4 is 22.6 Å². The third-order valence-electron chi connectivity index (χ3n) is 1.75. The van der Waals surface area contributed by atoms with Crippen molar-refractivity contribution in [3.05, 3.63) is 50.5 Å². The van der Waals surface area contributed by atoms with Crippen molar-refractivity contribution in [2.75, 3.05) is 0 Å². The second kappa shape index (κ2) is 4.47. The maximum Gasteiger partial charge on any atom is 0.268 e. The molecule has 0 N–H and O–H groups in total. The van der Waals surface area contributed by atoms with Crippen molar-refractivity contribution in [1.82, 2.24) is 19.7 Å². The molecule has 0 fully saturated rings. The molecular formula is C9H7IN4O. The molecule has 0 saturated heterocycles. The number of halogens is 1. The molecule has 2 heterocycles. The summed E-state index contributed by atoms with van der Waals surface area (Å²) in [6.45, 7) is 0.302. The van der Waals surface area contributed by atoms with Gasteiger partial charge in [0.15, 0.2) is 0 Å². The molecule has 0 spiro atoms. The molecule has 0 aromatic carbocycles.